The highest BCUT2D eigenvalue weighted by Gasteiger charge is 2.46. The lowest BCUT2D eigenvalue weighted by molar-refractivity contribution is -0.0429. The number of anilines is 1. The second-order valence-corrected chi connectivity index (χ2v) is 5.87. The first-order chi connectivity index (χ1) is 10.2. The summed E-state index contributed by atoms with van der Waals surface area (Å²) >= 11 is 0. The van der Waals surface area contributed by atoms with Crippen molar-refractivity contribution in [2.75, 3.05) is 11.8 Å². The minimum Gasteiger partial charge on any atom is -0.497 e. The van der Waals surface area contributed by atoms with Crippen LogP contribution in [0, 0.1) is 0 Å². The van der Waals surface area contributed by atoms with Crippen LogP contribution in [0.1, 0.15) is 0 Å². The number of sulfonamides is 1. The molecular formula is C13H11F3N2O3S. The van der Waals surface area contributed by atoms with Gasteiger partial charge in [-0.1, -0.05) is 12.1 Å². The fourth-order valence-corrected chi connectivity index (χ4v) is 2.27. The molecule has 2 rings (SSSR count). The number of methoxy groups -OCH3 is 1. The van der Waals surface area contributed by atoms with Crippen LogP contribution in [-0.2, 0) is 10.0 Å². The quantitative estimate of drug-likeness (QED) is 0.934. The highest BCUT2D eigenvalue weighted by Crippen LogP contribution is 2.32. The van der Waals surface area contributed by atoms with Crippen molar-refractivity contribution in [2.24, 2.45) is 0 Å². The van der Waals surface area contributed by atoms with Gasteiger partial charge in [0, 0.05) is 18.0 Å². The third-order valence-corrected chi connectivity index (χ3v) is 3.87. The van der Waals surface area contributed by atoms with E-state index in [-0.39, 0.29) is 11.3 Å². The van der Waals surface area contributed by atoms with Gasteiger partial charge in [0.1, 0.15) is 5.75 Å². The summed E-state index contributed by atoms with van der Waals surface area (Å²) in [6, 6.07) is 7.53. The van der Waals surface area contributed by atoms with Gasteiger partial charge in [-0.05, 0) is 23.8 Å². The molecule has 0 radical (unpaired) electrons. The summed E-state index contributed by atoms with van der Waals surface area (Å²) in [5.41, 5.74) is -4.89. The Morgan fingerprint density at radius 1 is 1.14 bits per heavy atom. The molecule has 0 spiro atoms. The zero-order valence-electron chi connectivity index (χ0n) is 11.3. The van der Waals surface area contributed by atoms with E-state index in [1.165, 1.54) is 24.2 Å². The molecule has 0 aliphatic carbocycles. The van der Waals surface area contributed by atoms with Gasteiger partial charge in [0.2, 0.25) is 0 Å². The summed E-state index contributed by atoms with van der Waals surface area (Å²) < 4.78 is 66.4. The van der Waals surface area contributed by atoms with Crippen LogP contribution in [0.25, 0.3) is 11.1 Å². The summed E-state index contributed by atoms with van der Waals surface area (Å²) in [4.78, 5) is 3.81. The Bertz CT molecular complexity index is 759. The molecule has 1 aromatic carbocycles. The van der Waals surface area contributed by atoms with Crippen LogP contribution >= 0.6 is 0 Å². The van der Waals surface area contributed by atoms with Gasteiger partial charge in [-0.25, -0.2) is 0 Å². The van der Waals surface area contributed by atoms with E-state index in [1.54, 1.807) is 24.3 Å². The molecule has 2 aromatic rings. The average Bonchev–Trinajstić information content (AvgIpc) is 2.46. The molecule has 0 fully saturated rings. The SMILES string of the molecule is COc1ccc(-c2cnccc2NS(=O)(=O)C(F)(F)F)cc1. The van der Waals surface area contributed by atoms with Gasteiger partial charge in [0.05, 0.1) is 12.8 Å². The number of halogens is 3. The summed E-state index contributed by atoms with van der Waals surface area (Å²) in [5.74, 6) is 0.560. The van der Waals surface area contributed by atoms with Crippen molar-refractivity contribution >= 4 is 15.7 Å². The number of rotatable bonds is 4. The Kier molecular flexibility index (Phi) is 4.27. The van der Waals surface area contributed by atoms with Gasteiger partial charge < -0.3 is 4.74 Å². The third kappa shape index (κ3) is 3.30. The zero-order chi connectivity index (χ0) is 16.4. The molecule has 0 aliphatic heterocycles. The van der Waals surface area contributed by atoms with Crippen LogP contribution in [-0.4, -0.2) is 26.0 Å². The smallest absolute Gasteiger partial charge is 0.497 e. The molecule has 0 amide bonds. The van der Waals surface area contributed by atoms with E-state index >= 15 is 0 Å². The summed E-state index contributed by atoms with van der Waals surface area (Å²) in [7, 11) is -4.02. The Morgan fingerprint density at radius 2 is 1.77 bits per heavy atom. The standard InChI is InChI=1S/C13H11F3N2O3S/c1-21-10-4-2-9(3-5-10)11-8-17-7-6-12(11)18-22(19,20)13(14,15)16/h2-8H,1H3,(H,17,18). The Labute approximate surface area is 124 Å². The minimum absolute atomic E-state index is 0.211. The number of pyridine rings is 1. The zero-order valence-corrected chi connectivity index (χ0v) is 12.1. The van der Waals surface area contributed by atoms with Crippen LogP contribution < -0.4 is 9.46 Å². The monoisotopic (exact) mass is 332 g/mol. The number of nitrogens with zero attached hydrogens (tertiary/aromatic N) is 1. The van der Waals surface area contributed by atoms with E-state index in [9.17, 15) is 21.6 Å². The van der Waals surface area contributed by atoms with Crippen molar-refractivity contribution < 1.29 is 26.3 Å². The highest BCUT2D eigenvalue weighted by atomic mass is 32.2. The molecule has 1 N–H and O–H groups in total. The topological polar surface area (TPSA) is 68.3 Å². The number of hydrogen-bond acceptors (Lipinski definition) is 4. The van der Waals surface area contributed by atoms with E-state index < -0.39 is 15.5 Å². The van der Waals surface area contributed by atoms with Crippen LogP contribution in [0.15, 0.2) is 42.7 Å². The number of aromatic nitrogens is 1. The maximum Gasteiger partial charge on any atom is 0.516 e. The maximum absolute atomic E-state index is 12.5. The second kappa shape index (κ2) is 5.84. The molecule has 0 atom stereocenters. The van der Waals surface area contributed by atoms with E-state index in [2.05, 4.69) is 4.98 Å². The van der Waals surface area contributed by atoms with Crippen molar-refractivity contribution in [1.29, 1.82) is 0 Å². The number of nitrogens with one attached hydrogen (secondary N) is 1. The first-order valence-corrected chi connectivity index (χ1v) is 7.40. The number of alkyl halides is 3. The minimum atomic E-state index is -5.50. The normalized spacial score (nSPS) is 12.0. The molecule has 0 saturated carbocycles. The molecular weight excluding hydrogens is 321 g/mol. The van der Waals surface area contributed by atoms with Crippen LogP contribution in [0.4, 0.5) is 18.9 Å². The fraction of sp³-hybridized carbons (Fsp3) is 0.154. The largest absolute Gasteiger partial charge is 0.516 e. The Balaban J connectivity index is 2.43. The lowest BCUT2D eigenvalue weighted by Gasteiger charge is -2.14. The number of benzene rings is 1. The van der Waals surface area contributed by atoms with E-state index in [0.717, 1.165) is 6.07 Å². The fourth-order valence-electron chi connectivity index (χ4n) is 1.69. The van der Waals surface area contributed by atoms with Gasteiger partial charge in [-0.2, -0.15) is 21.6 Å². The number of ether oxygens (including phenoxy) is 1. The molecule has 0 unspecified atom stereocenters. The molecule has 0 bridgehead atoms. The molecule has 5 nitrogen and oxygen atoms in total. The first kappa shape index (κ1) is 16.1. The average molecular weight is 332 g/mol. The molecule has 0 aliphatic rings. The van der Waals surface area contributed by atoms with Crippen molar-refractivity contribution in [1.82, 2.24) is 4.98 Å². The lowest BCUT2D eigenvalue weighted by atomic mass is 10.1. The van der Waals surface area contributed by atoms with Gasteiger partial charge in [-0.15, -0.1) is 0 Å². The van der Waals surface area contributed by atoms with Gasteiger partial charge in [0.15, 0.2) is 0 Å². The van der Waals surface area contributed by atoms with Crippen molar-refractivity contribution in [3.05, 3.63) is 42.7 Å². The second-order valence-electron chi connectivity index (χ2n) is 4.20. The Morgan fingerprint density at radius 3 is 2.32 bits per heavy atom. The van der Waals surface area contributed by atoms with Crippen LogP contribution in [0.2, 0.25) is 0 Å². The molecule has 0 saturated heterocycles. The molecule has 22 heavy (non-hydrogen) atoms. The summed E-state index contributed by atoms with van der Waals surface area (Å²) in [6.07, 6.45) is 2.47. The van der Waals surface area contributed by atoms with E-state index in [0.29, 0.717) is 11.3 Å². The van der Waals surface area contributed by atoms with Crippen molar-refractivity contribution in [3.63, 3.8) is 0 Å². The van der Waals surface area contributed by atoms with E-state index in [4.69, 9.17) is 4.74 Å². The molecule has 1 heterocycles. The maximum atomic E-state index is 12.5. The van der Waals surface area contributed by atoms with Crippen molar-refractivity contribution in [2.45, 2.75) is 5.51 Å². The summed E-state index contributed by atoms with van der Waals surface area (Å²) in [6.45, 7) is 0. The summed E-state index contributed by atoms with van der Waals surface area (Å²) in [5, 5.41) is 0. The number of hydrogen-bond donors (Lipinski definition) is 1. The predicted molar refractivity (Wildman–Crippen MR) is 74.8 cm³/mol. The van der Waals surface area contributed by atoms with Gasteiger partial charge in [0.25, 0.3) is 0 Å². The third-order valence-electron chi connectivity index (χ3n) is 2.77. The van der Waals surface area contributed by atoms with Gasteiger partial charge in [-0.3, -0.25) is 9.71 Å². The Hall–Kier alpha value is -2.29. The van der Waals surface area contributed by atoms with Crippen LogP contribution in [0.5, 0.6) is 5.75 Å². The first-order valence-electron chi connectivity index (χ1n) is 5.92. The highest BCUT2D eigenvalue weighted by molar-refractivity contribution is 7.93. The predicted octanol–water partition coefficient (Wildman–Crippen LogP) is 3.02. The molecule has 1 aromatic heterocycles. The lowest BCUT2D eigenvalue weighted by Crippen LogP contribution is -2.30. The van der Waals surface area contributed by atoms with Crippen LogP contribution in [0.3, 0.4) is 0 Å². The van der Waals surface area contributed by atoms with E-state index in [1.807, 2.05) is 0 Å². The van der Waals surface area contributed by atoms with Crippen molar-refractivity contribution in [3.8, 4) is 16.9 Å². The van der Waals surface area contributed by atoms with Gasteiger partial charge >= 0.3 is 15.5 Å². The molecule has 9 heteroatoms. The molecule has 118 valence electrons.